The number of amides is 1. The van der Waals surface area contributed by atoms with Crippen molar-refractivity contribution in [1.82, 2.24) is 19.8 Å². The zero-order valence-corrected chi connectivity index (χ0v) is 21.3. The summed E-state index contributed by atoms with van der Waals surface area (Å²) in [6.45, 7) is 7.75. The Balaban J connectivity index is 1.44. The third kappa shape index (κ3) is 5.03. The number of carbonyl (C=O) groups is 1. The SMILES string of the molecule is CCc1nc2ccc(C(=O)N3CCN(Cc4ccc(OC)c(OC)c4OC)CC3)cc2nc1CC. The minimum absolute atomic E-state index is 0.0367. The predicted molar refractivity (Wildman–Crippen MR) is 136 cm³/mol. The highest BCUT2D eigenvalue weighted by Gasteiger charge is 2.24. The van der Waals surface area contributed by atoms with Crippen molar-refractivity contribution >= 4 is 16.9 Å². The van der Waals surface area contributed by atoms with Crippen LogP contribution in [0.5, 0.6) is 17.2 Å². The molecule has 186 valence electrons. The van der Waals surface area contributed by atoms with E-state index in [1.807, 2.05) is 35.2 Å². The van der Waals surface area contributed by atoms with E-state index in [1.165, 1.54) is 0 Å². The molecule has 8 heteroatoms. The lowest BCUT2D eigenvalue weighted by Crippen LogP contribution is -2.48. The van der Waals surface area contributed by atoms with Crippen molar-refractivity contribution < 1.29 is 19.0 Å². The Morgan fingerprint density at radius 1 is 0.829 bits per heavy atom. The van der Waals surface area contributed by atoms with E-state index in [0.29, 0.717) is 42.4 Å². The average Bonchev–Trinajstić information content (AvgIpc) is 2.91. The lowest BCUT2D eigenvalue weighted by Gasteiger charge is -2.35. The fraction of sp³-hybridized carbons (Fsp3) is 0.444. The summed E-state index contributed by atoms with van der Waals surface area (Å²) < 4.78 is 16.5. The van der Waals surface area contributed by atoms with Gasteiger partial charge in [-0.3, -0.25) is 9.69 Å². The summed E-state index contributed by atoms with van der Waals surface area (Å²) in [6, 6.07) is 9.55. The van der Waals surface area contributed by atoms with Gasteiger partial charge in [0.15, 0.2) is 11.5 Å². The molecule has 0 radical (unpaired) electrons. The Morgan fingerprint density at radius 2 is 1.49 bits per heavy atom. The van der Waals surface area contributed by atoms with Crippen molar-refractivity contribution in [3.05, 3.63) is 52.8 Å². The number of hydrogen-bond acceptors (Lipinski definition) is 7. The molecule has 1 amide bonds. The molecule has 1 aliphatic heterocycles. The molecule has 3 aromatic rings. The van der Waals surface area contributed by atoms with Crippen LogP contribution in [0.4, 0.5) is 0 Å². The van der Waals surface area contributed by atoms with Gasteiger partial charge in [0, 0.05) is 43.9 Å². The van der Waals surface area contributed by atoms with Gasteiger partial charge in [0.2, 0.25) is 5.75 Å². The minimum atomic E-state index is 0.0367. The van der Waals surface area contributed by atoms with E-state index in [4.69, 9.17) is 24.2 Å². The fourth-order valence-electron chi connectivity index (χ4n) is 4.65. The molecule has 0 spiro atoms. The van der Waals surface area contributed by atoms with Crippen LogP contribution in [0.15, 0.2) is 30.3 Å². The maximum absolute atomic E-state index is 13.2. The minimum Gasteiger partial charge on any atom is -0.493 e. The molecule has 0 atom stereocenters. The van der Waals surface area contributed by atoms with Crippen LogP contribution in [-0.4, -0.2) is 73.2 Å². The Bertz CT molecular complexity index is 1210. The summed E-state index contributed by atoms with van der Waals surface area (Å²) in [5.74, 6) is 1.95. The average molecular weight is 479 g/mol. The standard InChI is InChI=1S/C27H34N4O4/c1-6-20-21(7-2)29-23-16-18(8-10-22(23)28-20)27(32)31-14-12-30(13-15-31)17-19-9-11-24(33-3)26(35-5)25(19)34-4/h8-11,16H,6-7,12-15,17H2,1-5H3. The van der Waals surface area contributed by atoms with E-state index >= 15 is 0 Å². The van der Waals surface area contributed by atoms with Crippen LogP contribution >= 0.6 is 0 Å². The van der Waals surface area contributed by atoms with Crippen LogP contribution in [0.25, 0.3) is 11.0 Å². The Morgan fingerprint density at radius 3 is 2.09 bits per heavy atom. The van der Waals surface area contributed by atoms with Crippen LogP contribution in [-0.2, 0) is 19.4 Å². The molecule has 35 heavy (non-hydrogen) atoms. The molecule has 4 rings (SSSR count). The number of carbonyl (C=O) groups excluding carboxylic acids is 1. The molecule has 8 nitrogen and oxygen atoms in total. The summed E-state index contributed by atoms with van der Waals surface area (Å²) in [6.07, 6.45) is 1.68. The van der Waals surface area contributed by atoms with Crippen LogP contribution in [0.1, 0.15) is 41.2 Å². The van der Waals surface area contributed by atoms with E-state index in [0.717, 1.165) is 53.9 Å². The van der Waals surface area contributed by atoms with Crippen molar-refractivity contribution in [3.8, 4) is 17.2 Å². The molecule has 0 aliphatic carbocycles. The van der Waals surface area contributed by atoms with E-state index < -0.39 is 0 Å². The number of hydrogen-bond donors (Lipinski definition) is 0. The van der Waals surface area contributed by atoms with Gasteiger partial charge in [-0.1, -0.05) is 19.9 Å². The quantitative estimate of drug-likeness (QED) is 0.488. The van der Waals surface area contributed by atoms with E-state index in [-0.39, 0.29) is 5.91 Å². The number of nitrogens with zero attached hydrogens (tertiary/aromatic N) is 4. The first-order valence-electron chi connectivity index (χ1n) is 12.1. The normalized spacial score (nSPS) is 14.3. The van der Waals surface area contributed by atoms with Crippen molar-refractivity contribution in [2.24, 2.45) is 0 Å². The molecule has 1 saturated heterocycles. The lowest BCUT2D eigenvalue weighted by molar-refractivity contribution is 0.0627. The number of ether oxygens (including phenoxy) is 3. The topological polar surface area (TPSA) is 77.0 Å². The molecular weight excluding hydrogens is 444 g/mol. The summed E-state index contributed by atoms with van der Waals surface area (Å²) in [5.41, 5.74) is 5.34. The van der Waals surface area contributed by atoms with Gasteiger partial charge in [-0.15, -0.1) is 0 Å². The number of fused-ring (bicyclic) bond motifs is 1. The molecule has 1 aromatic heterocycles. The van der Waals surface area contributed by atoms with Gasteiger partial charge >= 0.3 is 0 Å². The predicted octanol–water partition coefficient (Wildman–Crippen LogP) is 3.74. The summed E-state index contributed by atoms with van der Waals surface area (Å²) in [7, 11) is 4.86. The van der Waals surface area contributed by atoms with Gasteiger partial charge in [0.25, 0.3) is 5.91 Å². The second-order valence-electron chi connectivity index (χ2n) is 8.59. The zero-order chi connectivity index (χ0) is 24.9. The lowest BCUT2D eigenvalue weighted by atomic mass is 10.1. The first kappa shape index (κ1) is 24.7. The van der Waals surface area contributed by atoms with Crippen molar-refractivity contribution in [2.45, 2.75) is 33.2 Å². The number of aryl methyl sites for hydroxylation is 2. The van der Waals surface area contributed by atoms with E-state index in [2.05, 4.69) is 18.7 Å². The monoisotopic (exact) mass is 478 g/mol. The van der Waals surface area contributed by atoms with E-state index in [9.17, 15) is 4.79 Å². The van der Waals surface area contributed by atoms with Gasteiger partial charge in [-0.25, -0.2) is 9.97 Å². The summed E-state index contributed by atoms with van der Waals surface area (Å²) in [4.78, 5) is 27.0. The first-order chi connectivity index (χ1) is 17.0. The molecule has 1 fully saturated rings. The second kappa shape index (κ2) is 10.9. The first-order valence-corrected chi connectivity index (χ1v) is 12.1. The maximum atomic E-state index is 13.2. The summed E-state index contributed by atoms with van der Waals surface area (Å²) in [5, 5.41) is 0. The van der Waals surface area contributed by atoms with Gasteiger partial charge in [0.1, 0.15) is 0 Å². The number of rotatable bonds is 8. The molecular formula is C27H34N4O4. The number of piperazine rings is 1. The van der Waals surface area contributed by atoms with Crippen LogP contribution in [0.2, 0.25) is 0 Å². The maximum Gasteiger partial charge on any atom is 0.254 e. The van der Waals surface area contributed by atoms with Crippen molar-refractivity contribution in [3.63, 3.8) is 0 Å². The Labute approximate surface area is 206 Å². The summed E-state index contributed by atoms with van der Waals surface area (Å²) >= 11 is 0. The second-order valence-corrected chi connectivity index (χ2v) is 8.59. The van der Waals surface area contributed by atoms with Crippen molar-refractivity contribution in [1.29, 1.82) is 0 Å². The van der Waals surface area contributed by atoms with Gasteiger partial charge in [0.05, 0.1) is 43.8 Å². The number of aromatic nitrogens is 2. The number of benzene rings is 2. The zero-order valence-electron chi connectivity index (χ0n) is 21.3. The highest BCUT2D eigenvalue weighted by Crippen LogP contribution is 2.40. The molecule has 2 heterocycles. The number of methoxy groups -OCH3 is 3. The third-order valence-electron chi connectivity index (χ3n) is 6.58. The molecule has 0 N–H and O–H groups in total. The largest absolute Gasteiger partial charge is 0.493 e. The molecule has 2 aromatic carbocycles. The Kier molecular flexibility index (Phi) is 7.70. The molecule has 1 aliphatic rings. The van der Waals surface area contributed by atoms with Crippen LogP contribution < -0.4 is 14.2 Å². The highest BCUT2D eigenvalue weighted by atomic mass is 16.5. The molecule has 0 saturated carbocycles. The molecule has 0 bridgehead atoms. The Hall–Kier alpha value is -3.39. The van der Waals surface area contributed by atoms with Crippen LogP contribution in [0.3, 0.4) is 0 Å². The third-order valence-corrected chi connectivity index (χ3v) is 6.58. The smallest absolute Gasteiger partial charge is 0.254 e. The van der Waals surface area contributed by atoms with Gasteiger partial charge in [-0.2, -0.15) is 0 Å². The van der Waals surface area contributed by atoms with Gasteiger partial charge < -0.3 is 19.1 Å². The van der Waals surface area contributed by atoms with E-state index in [1.54, 1.807) is 21.3 Å². The molecule has 0 unspecified atom stereocenters. The van der Waals surface area contributed by atoms with Crippen molar-refractivity contribution in [2.75, 3.05) is 47.5 Å². The highest BCUT2D eigenvalue weighted by molar-refractivity contribution is 5.97. The van der Waals surface area contributed by atoms with Gasteiger partial charge in [-0.05, 0) is 37.1 Å². The van der Waals surface area contributed by atoms with Crippen LogP contribution in [0, 0.1) is 0 Å². The fourth-order valence-corrected chi connectivity index (χ4v) is 4.65.